The summed E-state index contributed by atoms with van der Waals surface area (Å²) in [7, 11) is 1.55. The number of likely N-dealkylation sites (tertiary alicyclic amines) is 1. The van der Waals surface area contributed by atoms with Crippen LogP contribution in [0.15, 0.2) is 54.6 Å². The number of aliphatic hydroxyl groups excluding tert-OH is 1. The molecule has 7 nitrogen and oxygen atoms in total. The van der Waals surface area contributed by atoms with E-state index in [4.69, 9.17) is 21.4 Å². The van der Waals surface area contributed by atoms with Crippen LogP contribution in [0.2, 0.25) is 5.02 Å². The summed E-state index contributed by atoms with van der Waals surface area (Å²) in [4.78, 5) is 19.0. The van der Waals surface area contributed by atoms with Gasteiger partial charge in [-0.25, -0.2) is 9.78 Å². The standard InChI is InChI=1S/C29H30ClN3O4S/c1-37-26-10-9-20-18(7-11-27(35)36)6-8-21(29(20)32-26)23(34)17-33-14-12-19(13-15-33)31-16-25-28(30)22-4-2-3-5-24(22)38-25/h2-11,19,23,31,34H,12-17H2,1H3,(H,35,36)/b11-7+. The first-order valence-corrected chi connectivity index (χ1v) is 13.8. The minimum Gasteiger partial charge on any atom is -0.481 e. The summed E-state index contributed by atoms with van der Waals surface area (Å²) in [6.07, 6.45) is 3.87. The van der Waals surface area contributed by atoms with E-state index in [-0.39, 0.29) is 0 Å². The van der Waals surface area contributed by atoms with Crippen molar-refractivity contribution >= 4 is 56.0 Å². The van der Waals surface area contributed by atoms with Crippen molar-refractivity contribution in [3.05, 3.63) is 75.6 Å². The Morgan fingerprint density at radius 3 is 2.74 bits per heavy atom. The Hall–Kier alpha value is -3.01. The Morgan fingerprint density at radius 1 is 1.21 bits per heavy atom. The van der Waals surface area contributed by atoms with Crippen LogP contribution in [0.5, 0.6) is 5.88 Å². The number of piperidine rings is 1. The summed E-state index contributed by atoms with van der Waals surface area (Å²) in [5, 5.41) is 26.6. The topological polar surface area (TPSA) is 94.9 Å². The number of benzene rings is 2. The molecule has 4 aromatic rings. The molecule has 3 heterocycles. The number of β-amino-alcohol motifs (C(OH)–C–C–N with tert-alkyl or cyclic N) is 1. The number of carboxylic acids is 1. The van der Waals surface area contributed by atoms with Gasteiger partial charge in [0.2, 0.25) is 5.88 Å². The average molecular weight is 552 g/mol. The normalized spacial score (nSPS) is 16.0. The van der Waals surface area contributed by atoms with E-state index in [2.05, 4.69) is 27.3 Å². The van der Waals surface area contributed by atoms with Crippen molar-refractivity contribution in [3.8, 4) is 5.88 Å². The third-order valence-corrected chi connectivity index (χ3v) is 8.76. The Morgan fingerprint density at radius 2 is 2.00 bits per heavy atom. The summed E-state index contributed by atoms with van der Waals surface area (Å²) in [6, 6.07) is 15.9. The molecule has 1 atom stereocenters. The number of rotatable bonds is 9. The zero-order chi connectivity index (χ0) is 26.6. The first-order chi connectivity index (χ1) is 18.4. The molecule has 1 unspecified atom stereocenters. The number of nitrogens with zero attached hydrogens (tertiary/aromatic N) is 2. The molecule has 0 amide bonds. The maximum absolute atomic E-state index is 11.2. The number of aliphatic carboxylic acids is 1. The van der Waals surface area contributed by atoms with Gasteiger partial charge in [0.15, 0.2) is 0 Å². The van der Waals surface area contributed by atoms with Gasteiger partial charge in [0.05, 0.1) is 23.8 Å². The molecule has 1 fully saturated rings. The van der Waals surface area contributed by atoms with E-state index in [1.54, 1.807) is 30.6 Å². The molecule has 1 aliphatic rings. The minimum absolute atomic E-state index is 0.400. The van der Waals surface area contributed by atoms with Crippen molar-refractivity contribution in [2.24, 2.45) is 0 Å². The first kappa shape index (κ1) is 26.6. The van der Waals surface area contributed by atoms with Crippen molar-refractivity contribution in [3.63, 3.8) is 0 Å². The van der Waals surface area contributed by atoms with Gasteiger partial charge >= 0.3 is 5.97 Å². The van der Waals surface area contributed by atoms with Crippen LogP contribution in [-0.4, -0.2) is 58.9 Å². The molecule has 0 radical (unpaired) electrons. The van der Waals surface area contributed by atoms with Crippen LogP contribution in [0.1, 0.15) is 34.9 Å². The number of pyridine rings is 1. The fourth-order valence-corrected chi connectivity index (χ4v) is 6.46. The molecule has 38 heavy (non-hydrogen) atoms. The second-order valence-electron chi connectivity index (χ2n) is 9.47. The zero-order valence-electron chi connectivity index (χ0n) is 21.1. The van der Waals surface area contributed by atoms with Crippen LogP contribution in [-0.2, 0) is 11.3 Å². The lowest BCUT2D eigenvalue weighted by molar-refractivity contribution is -0.131. The van der Waals surface area contributed by atoms with Crippen molar-refractivity contribution in [2.45, 2.75) is 31.5 Å². The lowest BCUT2D eigenvalue weighted by atomic mass is 9.98. The largest absolute Gasteiger partial charge is 0.481 e. The molecule has 1 saturated heterocycles. The van der Waals surface area contributed by atoms with Crippen molar-refractivity contribution in [1.82, 2.24) is 15.2 Å². The number of hydrogen-bond acceptors (Lipinski definition) is 7. The molecule has 1 aliphatic heterocycles. The number of aromatic nitrogens is 1. The molecular weight excluding hydrogens is 522 g/mol. The van der Waals surface area contributed by atoms with Gasteiger partial charge in [0.1, 0.15) is 0 Å². The molecule has 9 heteroatoms. The van der Waals surface area contributed by atoms with Crippen LogP contribution in [0.25, 0.3) is 27.1 Å². The third-order valence-electron chi connectivity index (χ3n) is 7.04. The van der Waals surface area contributed by atoms with Gasteiger partial charge in [-0.3, -0.25) is 0 Å². The fourth-order valence-electron chi connectivity index (χ4n) is 5.01. The van der Waals surface area contributed by atoms with Gasteiger partial charge in [-0.1, -0.05) is 41.9 Å². The van der Waals surface area contributed by atoms with Crippen LogP contribution in [0, 0.1) is 0 Å². The number of carbonyl (C=O) groups is 1. The summed E-state index contributed by atoms with van der Waals surface area (Å²) in [6.45, 7) is 3.01. The van der Waals surface area contributed by atoms with Gasteiger partial charge in [0, 0.05) is 57.2 Å². The maximum atomic E-state index is 11.2. The van der Waals surface area contributed by atoms with Crippen LogP contribution in [0.4, 0.5) is 0 Å². The number of hydrogen-bond donors (Lipinski definition) is 3. The van der Waals surface area contributed by atoms with E-state index in [0.29, 0.717) is 29.5 Å². The monoisotopic (exact) mass is 551 g/mol. The number of thiophene rings is 1. The molecule has 0 aliphatic carbocycles. The predicted molar refractivity (Wildman–Crippen MR) is 153 cm³/mol. The van der Waals surface area contributed by atoms with Gasteiger partial charge in [-0.05, 0) is 49.7 Å². The molecular formula is C29H30ClN3O4S. The summed E-state index contributed by atoms with van der Waals surface area (Å²) in [5.74, 6) is -0.579. The average Bonchev–Trinajstić information content (AvgIpc) is 3.26. The summed E-state index contributed by atoms with van der Waals surface area (Å²) < 4.78 is 6.52. The molecule has 0 bridgehead atoms. The fraction of sp³-hybridized carbons (Fsp3) is 0.310. The number of fused-ring (bicyclic) bond motifs is 2. The van der Waals surface area contributed by atoms with Crippen molar-refractivity contribution in [1.29, 1.82) is 0 Å². The minimum atomic E-state index is -1.02. The third kappa shape index (κ3) is 5.85. The molecule has 5 rings (SSSR count). The number of halogens is 1. The van der Waals surface area contributed by atoms with Crippen LogP contribution < -0.4 is 10.1 Å². The number of methoxy groups -OCH3 is 1. The van der Waals surface area contributed by atoms with Gasteiger partial charge < -0.3 is 25.2 Å². The van der Waals surface area contributed by atoms with E-state index in [1.807, 2.05) is 30.3 Å². The SMILES string of the molecule is COc1ccc2c(/C=C/C(=O)O)ccc(C(O)CN3CCC(NCc4sc5ccccc5c4Cl)CC3)c2n1. The highest BCUT2D eigenvalue weighted by Crippen LogP contribution is 2.35. The summed E-state index contributed by atoms with van der Waals surface area (Å²) >= 11 is 8.35. The maximum Gasteiger partial charge on any atom is 0.328 e. The molecule has 3 N–H and O–H groups in total. The molecule has 198 valence electrons. The van der Waals surface area contributed by atoms with Gasteiger partial charge in [0.25, 0.3) is 0 Å². The highest BCUT2D eigenvalue weighted by atomic mass is 35.5. The smallest absolute Gasteiger partial charge is 0.328 e. The lowest BCUT2D eigenvalue weighted by Crippen LogP contribution is -2.43. The Balaban J connectivity index is 1.22. The zero-order valence-corrected chi connectivity index (χ0v) is 22.6. The molecule has 2 aromatic carbocycles. The Kier molecular flexibility index (Phi) is 8.26. The Bertz CT molecular complexity index is 1480. The first-order valence-electron chi connectivity index (χ1n) is 12.6. The van der Waals surface area contributed by atoms with E-state index in [1.165, 1.54) is 9.58 Å². The number of nitrogens with one attached hydrogen (secondary N) is 1. The number of aliphatic hydroxyl groups is 1. The number of ether oxygens (including phenoxy) is 1. The second-order valence-corrected chi connectivity index (χ2v) is 11.0. The quantitative estimate of drug-likeness (QED) is 0.236. The molecule has 2 aromatic heterocycles. The van der Waals surface area contributed by atoms with Crippen molar-refractivity contribution < 1.29 is 19.7 Å². The van der Waals surface area contributed by atoms with E-state index in [0.717, 1.165) is 59.9 Å². The van der Waals surface area contributed by atoms with E-state index < -0.39 is 12.1 Å². The highest BCUT2D eigenvalue weighted by molar-refractivity contribution is 7.19. The van der Waals surface area contributed by atoms with Crippen LogP contribution >= 0.6 is 22.9 Å². The van der Waals surface area contributed by atoms with Crippen LogP contribution in [0.3, 0.4) is 0 Å². The van der Waals surface area contributed by atoms with E-state index in [9.17, 15) is 9.90 Å². The highest BCUT2D eigenvalue weighted by Gasteiger charge is 2.23. The second kappa shape index (κ2) is 11.8. The summed E-state index contributed by atoms with van der Waals surface area (Å²) in [5.41, 5.74) is 2.03. The Labute approximate surface area is 230 Å². The van der Waals surface area contributed by atoms with Gasteiger partial charge in [-0.15, -0.1) is 11.3 Å². The molecule has 0 saturated carbocycles. The van der Waals surface area contributed by atoms with E-state index >= 15 is 0 Å². The number of carboxylic acid groups (broad SMARTS) is 1. The predicted octanol–water partition coefficient (Wildman–Crippen LogP) is 5.50. The lowest BCUT2D eigenvalue weighted by Gasteiger charge is -2.33. The van der Waals surface area contributed by atoms with Gasteiger partial charge in [-0.2, -0.15) is 0 Å². The van der Waals surface area contributed by atoms with Crippen molar-refractivity contribution in [2.75, 3.05) is 26.7 Å². The molecule has 0 spiro atoms.